The van der Waals surface area contributed by atoms with Crippen LogP contribution >= 0.6 is 34.7 Å². The molecule has 3 aromatic rings. The number of nitrogens with zero attached hydrogens (tertiary/aromatic N) is 3. The zero-order valence-corrected chi connectivity index (χ0v) is 13.1. The number of thiazole rings is 1. The minimum Gasteiger partial charge on any atom is -0.481 e. The molecule has 2 heterocycles. The molecule has 0 aliphatic carbocycles. The van der Waals surface area contributed by atoms with Crippen LogP contribution in [0.1, 0.15) is 5.69 Å². The lowest BCUT2D eigenvalue weighted by Crippen LogP contribution is -2.04. The summed E-state index contributed by atoms with van der Waals surface area (Å²) >= 11 is 8.97. The van der Waals surface area contributed by atoms with Crippen molar-refractivity contribution in [1.29, 1.82) is 0 Å². The number of para-hydroxylation sites is 1. The predicted octanol–water partition coefficient (Wildman–Crippen LogP) is 3.37. The fraction of sp³-hybridized carbons (Fsp3) is 0.154. The summed E-state index contributed by atoms with van der Waals surface area (Å²) in [5.74, 6) is -0.920. The van der Waals surface area contributed by atoms with E-state index in [9.17, 15) is 4.79 Å². The molecule has 0 saturated carbocycles. The van der Waals surface area contributed by atoms with Crippen LogP contribution in [0.3, 0.4) is 0 Å². The van der Waals surface area contributed by atoms with Crippen LogP contribution in [0.4, 0.5) is 0 Å². The van der Waals surface area contributed by atoms with E-state index in [0.29, 0.717) is 16.7 Å². The summed E-state index contributed by atoms with van der Waals surface area (Å²) in [5.41, 5.74) is 4.22. The summed E-state index contributed by atoms with van der Waals surface area (Å²) in [6.45, 7) is 0.520. The highest BCUT2D eigenvalue weighted by Gasteiger charge is 2.15. The third kappa shape index (κ3) is 3.04. The smallest absolute Gasteiger partial charge is 0.313 e. The summed E-state index contributed by atoms with van der Waals surface area (Å²) in [4.78, 5) is 19.5. The van der Waals surface area contributed by atoms with Crippen LogP contribution in [0, 0.1) is 0 Å². The molecule has 0 saturated heterocycles. The molecule has 8 heteroatoms. The van der Waals surface area contributed by atoms with Gasteiger partial charge in [-0.25, -0.2) is 9.97 Å². The summed E-state index contributed by atoms with van der Waals surface area (Å²) < 4.78 is 1.92. The summed E-state index contributed by atoms with van der Waals surface area (Å²) in [6.07, 6.45) is 0. The Bertz CT molecular complexity index is 786. The van der Waals surface area contributed by atoms with Gasteiger partial charge in [0.1, 0.15) is 0 Å². The highest BCUT2D eigenvalue weighted by Crippen LogP contribution is 2.29. The number of carboxylic acid groups (broad SMARTS) is 1. The average molecular weight is 340 g/mol. The lowest BCUT2D eigenvalue weighted by molar-refractivity contribution is -0.133. The highest BCUT2D eigenvalue weighted by molar-refractivity contribution is 7.99. The fourth-order valence-corrected chi connectivity index (χ4v) is 3.53. The second kappa shape index (κ2) is 6.05. The minimum absolute atomic E-state index is 0.0436. The van der Waals surface area contributed by atoms with Gasteiger partial charge < -0.3 is 9.67 Å². The maximum atomic E-state index is 10.8. The van der Waals surface area contributed by atoms with Crippen LogP contribution in [0.15, 0.2) is 34.2 Å². The number of hydrogen-bond acceptors (Lipinski definition) is 5. The largest absolute Gasteiger partial charge is 0.481 e. The van der Waals surface area contributed by atoms with E-state index >= 15 is 0 Å². The number of rotatable bonds is 5. The van der Waals surface area contributed by atoms with Crippen molar-refractivity contribution < 1.29 is 9.90 Å². The molecular formula is C13H10ClN3O2S2. The van der Waals surface area contributed by atoms with Gasteiger partial charge in [-0.1, -0.05) is 29.4 Å². The van der Waals surface area contributed by atoms with E-state index in [2.05, 4.69) is 9.97 Å². The molecule has 0 amide bonds. The first-order chi connectivity index (χ1) is 10.1. The molecule has 1 aromatic carbocycles. The Morgan fingerprint density at radius 3 is 3.05 bits per heavy atom. The molecule has 0 radical (unpaired) electrons. The molecule has 0 bridgehead atoms. The van der Waals surface area contributed by atoms with Gasteiger partial charge >= 0.3 is 5.97 Å². The van der Waals surface area contributed by atoms with Gasteiger partial charge in [-0.2, -0.15) is 0 Å². The summed E-state index contributed by atoms with van der Waals surface area (Å²) in [5, 5.41) is 12.0. The van der Waals surface area contributed by atoms with E-state index in [1.54, 1.807) is 11.6 Å². The molecule has 21 heavy (non-hydrogen) atoms. The van der Waals surface area contributed by atoms with Crippen molar-refractivity contribution in [3.05, 3.63) is 39.8 Å². The first kappa shape index (κ1) is 14.4. The quantitative estimate of drug-likeness (QED) is 0.722. The summed E-state index contributed by atoms with van der Waals surface area (Å²) in [6, 6.07) is 5.49. The number of aromatic nitrogens is 3. The normalized spacial score (nSPS) is 11.1. The molecule has 0 atom stereocenters. The van der Waals surface area contributed by atoms with E-state index < -0.39 is 5.97 Å². The van der Waals surface area contributed by atoms with Gasteiger partial charge in [-0.05, 0) is 12.1 Å². The number of aliphatic carboxylic acids is 1. The highest BCUT2D eigenvalue weighted by atomic mass is 35.5. The molecule has 0 aliphatic rings. The molecular weight excluding hydrogens is 330 g/mol. The van der Waals surface area contributed by atoms with Crippen LogP contribution in [0.25, 0.3) is 11.0 Å². The minimum atomic E-state index is -0.877. The number of hydrogen-bond donors (Lipinski definition) is 1. The van der Waals surface area contributed by atoms with Gasteiger partial charge in [0.15, 0.2) is 5.16 Å². The van der Waals surface area contributed by atoms with E-state index in [1.165, 1.54) is 23.1 Å². The van der Waals surface area contributed by atoms with Crippen molar-refractivity contribution in [1.82, 2.24) is 14.5 Å². The maximum absolute atomic E-state index is 10.8. The third-order valence-corrected chi connectivity index (χ3v) is 4.71. The van der Waals surface area contributed by atoms with E-state index in [0.717, 1.165) is 16.7 Å². The van der Waals surface area contributed by atoms with Crippen molar-refractivity contribution >= 4 is 51.7 Å². The predicted molar refractivity (Wildman–Crippen MR) is 84.3 cm³/mol. The number of thioether (sulfide) groups is 1. The first-order valence-electron chi connectivity index (χ1n) is 6.01. The molecule has 108 valence electrons. The van der Waals surface area contributed by atoms with Crippen LogP contribution in [-0.4, -0.2) is 31.4 Å². The molecule has 0 unspecified atom stereocenters. The van der Waals surface area contributed by atoms with Gasteiger partial charge in [0, 0.05) is 5.38 Å². The van der Waals surface area contributed by atoms with Crippen LogP contribution in [0.2, 0.25) is 5.02 Å². The summed E-state index contributed by atoms with van der Waals surface area (Å²) in [7, 11) is 0. The lowest BCUT2D eigenvalue weighted by atomic mass is 10.3. The van der Waals surface area contributed by atoms with E-state index in [1.807, 2.05) is 22.1 Å². The maximum Gasteiger partial charge on any atom is 0.313 e. The number of carbonyl (C=O) groups is 1. The number of halogens is 1. The van der Waals surface area contributed by atoms with E-state index in [4.69, 9.17) is 16.7 Å². The fourth-order valence-electron chi connectivity index (χ4n) is 1.98. The van der Waals surface area contributed by atoms with Crippen molar-refractivity contribution in [2.24, 2.45) is 0 Å². The van der Waals surface area contributed by atoms with Crippen LogP contribution in [-0.2, 0) is 11.3 Å². The SMILES string of the molecule is O=C(O)CSc1nc2cccc(Cl)c2n1Cc1cscn1. The average Bonchev–Trinajstić information content (AvgIpc) is 3.06. The van der Waals surface area contributed by atoms with Gasteiger partial charge in [0.05, 0.1) is 39.6 Å². The van der Waals surface area contributed by atoms with Gasteiger partial charge in [0.25, 0.3) is 0 Å². The second-order valence-corrected chi connectivity index (χ2v) is 6.32. The Balaban J connectivity index is 2.07. The van der Waals surface area contributed by atoms with Crippen molar-refractivity contribution in [2.75, 3.05) is 5.75 Å². The van der Waals surface area contributed by atoms with Gasteiger partial charge in [-0.15, -0.1) is 11.3 Å². The standard InChI is InChI=1S/C13H10ClN3O2S2/c14-9-2-1-3-10-12(9)17(4-8-5-20-7-15-8)13(16-10)21-6-11(18)19/h1-3,5,7H,4,6H2,(H,18,19). The Morgan fingerprint density at radius 2 is 2.33 bits per heavy atom. The zero-order chi connectivity index (χ0) is 14.8. The Kier molecular flexibility index (Phi) is 4.14. The van der Waals surface area contributed by atoms with Crippen molar-refractivity contribution in [2.45, 2.75) is 11.7 Å². The number of imidazole rings is 1. The van der Waals surface area contributed by atoms with Crippen LogP contribution < -0.4 is 0 Å². The van der Waals surface area contributed by atoms with Gasteiger partial charge in [-0.3, -0.25) is 4.79 Å². The van der Waals surface area contributed by atoms with Crippen molar-refractivity contribution in [3.63, 3.8) is 0 Å². The van der Waals surface area contributed by atoms with E-state index in [-0.39, 0.29) is 5.75 Å². The molecule has 1 N–H and O–H groups in total. The Hall–Kier alpha value is -1.57. The topological polar surface area (TPSA) is 68.0 Å². The molecule has 0 spiro atoms. The molecule has 0 fully saturated rings. The van der Waals surface area contributed by atoms with Crippen LogP contribution in [0.5, 0.6) is 0 Å². The number of fused-ring (bicyclic) bond motifs is 1. The Labute approximate surface area is 133 Å². The second-order valence-electron chi connectivity index (χ2n) is 4.25. The molecule has 0 aliphatic heterocycles. The van der Waals surface area contributed by atoms with Crippen molar-refractivity contribution in [3.8, 4) is 0 Å². The molecule has 3 rings (SSSR count). The number of benzene rings is 1. The molecule has 2 aromatic heterocycles. The monoisotopic (exact) mass is 339 g/mol. The first-order valence-corrected chi connectivity index (χ1v) is 8.32. The zero-order valence-electron chi connectivity index (χ0n) is 10.7. The molecule has 5 nitrogen and oxygen atoms in total. The third-order valence-electron chi connectivity index (χ3n) is 2.81. The van der Waals surface area contributed by atoms with Gasteiger partial charge in [0.2, 0.25) is 0 Å². The lowest BCUT2D eigenvalue weighted by Gasteiger charge is -2.07. The number of carboxylic acids is 1. The Morgan fingerprint density at radius 1 is 1.48 bits per heavy atom.